The van der Waals surface area contributed by atoms with Gasteiger partial charge in [0, 0.05) is 0 Å². The predicted octanol–water partition coefficient (Wildman–Crippen LogP) is 1.19. The monoisotopic (exact) mass is 110 g/mol. The predicted molar refractivity (Wildman–Crippen MR) is 37.0 cm³/mol. The van der Waals surface area contributed by atoms with Gasteiger partial charge in [-0.1, -0.05) is 25.6 Å². The van der Waals surface area contributed by atoms with Crippen LogP contribution in [0, 0.1) is 0 Å². The average molecular weight is 110 g/mol. The minimum Gasteiger partial charge on any atom is -0.360 e. The maximum atomic E-state index is 3.26. The van der Waals surface area contributed by atoms with Crippen LogP contribution in [0.1, 0.15) is 25.7 Å². The molecule has 0 aromatic carbocycles. The van der Waals surface area contributed by atoms with Crippen molar-refractivity contribution in [1.82, 2.24) is 5.23 Å². The van der Waals surface area contributed by atoms with Gasteiger partial charge in [0.1, 0.15) is 0 Å². The number of hydrogen-bond donors (Lipinski definition) is 1. The van der Waals surface area contributed by atoms with Gasteiger partial charge < -0.3 is 5.23 Å². The molecule has 0 spiro atoms. The molecule has 45 valence electrons. The van der Waals surface area contributed by atoms with Crippen LogP contribution in [0.3, 0.4) is 0 Å². The zero-order chi connectivity index (χ0) is 5.66. The van der Waals surface area contributed by atoms with E-state index in [1.165, 1.54) is 38.5 Å². The molecular weight excluding hydrogens is 96.9 g/mol. The van der Waals surface area contributed by atoms with Crippen LogP contribution in [0.25, 0.3) is 0 Å². The Kier molecular flexibility index (Phi) is 3.04. The molecule has 0 amide bonds. The lowest BCUT2D eigenvalue weighted by Gasteiger charge is -2.06. The highest BCUT2D eigenvalue weighted by atomic mass is 14.7. The van der Waals surface area contributed by atoms with Gasteiger partial charge in [0.2, 0.25) is 7.41 Å². The Morgan fingerprint density at radius 3 is 2.88 bits per heavy atom. The molecule has 1 rings (SSSR count). The molecule has 0 aliphatic carbocycles. The third kappa shape index (κ3) is 2.36. The molecule has 2 heteroatoms. The van der Waals surface area contributed by atoms with E-state index in [4.69, 9.17) is 0 Å². The third-order valence-corrected chi connectivity index (χ3v) is 1.56. The van der Waals surface area contributed by atoms with Crippen molar-refractivity contribution in [3.8, 4) is 0 Å². The molecule has 0 bridgehead atoms. The van der Waals surface area contributed by atoms with Crippen molar-refractivity contribution in [2.45, 2.75) is 32.0 Å². The Morgan fingerprint density at radius 1 is 1.00 bits per heavy atom. The number of rotatable bonds is 0. The fraction of sp³-hybridized carbons (Fsp3) is 1.00. The summed E-state index contributed by atoms with van der Waals surface area (Å²) in [4.78, 5) is 0. The number of nitrogens with one attached hydrogen (secondary N) is 1. The second kappa shape index (κ2) is 3.96. The molecule has 1 radical (unpaired) electrons. The average Bonchev–Trinajstić information content (AvgIpc) is 1.62. The van der Waals surface area contributed by atoms with Crippen molar-refractivity contribution in [1.29, 1.82) is 0 Å². The van der Waals surface area contributed by atoms with Crippen molar-refractivity contribution >= 4 is 7.41 Å². The van der Waals surface area contributed by atoms with Gasteiger partial charge in [0.15, 0.2) is 0 Å². The topological polar surface area (TPSA) is 12.0 Å². The first-order chi connectivity index (χ1) is 4.00. The highest BCUT2D eigenvalue weighted by Crippen LogP contribution is 2.03. The molecule has 0 atom stereocenters. The highest BCUT2D eigenvalue weighted by Gasteiger charge is 1.96. The van der Waals surface area contributed by atoms with Gasteiger partial charge in [-0.2, -0.15) is 0 Å². The Hall–Kier alpha value is 0.0249. The van der Waals surface area contributed by atoms with Gasteiger partial charge in [0.25, 0.3) is 0 Å². The summed E-state index contributed by atoms with van der Waals surface area (Å²) in [6, 6.07) is 0. The summed E-state index contributed by atoms with van der Waals surface area (Å²) in [6.07, 6.45) is 6.85. The molecule has 1 fully saturated rings. The molecule has 1 saturated heterocycles. The van der Waals surface area contributed by atoms with Gasteiger partial charge in [0.05, 0.1) is 0 Å². The summed E-state index contributed by atoms with van der Waals surface area (Å²) < 4.78 is 0. The highest BCUT2D eigenvalue weighted by molar-refractivity contribution is 6.32. The second-order valence-electron chi connectivity index (χ2n) is 2.36. The minimum atomic E-state index is 1.19. The van der Waals surface area contributed by atoms with Crippen molar-refractivity contribution in [3.05, 3.63) is 0 Å². The zero-order valence-electron chi connectivity index (χ0n) is 5.32. The summed E-state index contributed by atoms with van der Waals surface area (Å²) in [5.74, 6) is 0. The Labute approximate surface area is 52.1 Å². The van der Waals surface area contributed by atoms with Crippen molar-refractivity contribution in [3.63, 3.8) is 0 Å². The molecule has 0 saturated carbocycles. The lowest BCUT2D eigenvalue weighted by atomic mass is 9.84. The normalized spacial score (nSPS) is 23.0. The van der Waals surface area contributed by atoms with E-state index in [2.05, 4.69) is 12.6 Å². The molecule has 1 aliphatic heterocycles. The Bertz CT molecular complexity index is 32.5. The summed E-state index contributed by atoms with van der Waals surface area (Å²) in [5, 5.41) is 3.26. The quantitative estimate of drug-likeness (QED) is 0.462. The summed E-state index contributed by atoms with van der Waals surface area (Å²) >= 11 is 0. The van der Waals surface area contributed by atoms with Crippen LogP contribution >= 0.6 is 0 Å². The lowest BCUT2D eigenvalue weighted by molar-refractivity contribution is 0.638. The molecule has 1 aliphatic rings. The molecule has 8 heavy (non-hydrogen) atoms. The second-order valence-corrected chi connectivity index (χ2v) is 2.36. The van der Waals surface area contributed by atoms with Gasteiger partial charge in [-0.3, -0.25) is 0 Å². The first-order valence-electron chi connectivity index (χ1n) is 3.55. The van der Waals surface area contributed by atoms with Crippen LogP contribution in [-0.4, -0.2) is 14.0 Å². The van der Waals surface area contributed by atoms with E-state index >= 15 is 0 Å². The summed E-state index contributed by atoms with van der Waals surface area (Å²) in [6.45, 7) is 1.19. The van der Waals surface area contributed by atoms with E-state index < -0.39 is 0 Å². The van der Waals surface area contributed by atoms with Crippen LogP contribution in [-0.2, 0) is 0 Å². The fourth-order valence-electron chi connectivity index (χ4n) is 1.03. The molecule has 1 N–H and O–H groups in total. The smallest absolute Gasteiger partial charge is 0.205 e. The third-order valence-electron chi connectivity index (χ3n) is 1.56. The Morgan fingerprint density at radius 2 is 1.88 bits per heavy atom. The number of hydrogen-bond acceptors (Lipinski definition) is 1. The molecule has 0 aromatic heterocycles. The minimum absolute atomic E-state index is 1.19. The van der Waals surface area contributed by atoms with Gasteiger partial charge in [-0.25, -0.2) is 0 Å². The van der Waals surface area contributed by atoms with Crippen molar-refractivity contribution < 1.29 is 0 Å². The van der Waals surface area contributed by atoms with E-state index in [9.17, 15) is 0 Å². The first-order valence-corrected chi connectivity index (χ1v) is 3.55. The van der Waals surface area contributed by atoms with Gasteiger partial charge in [-0.15, -0.1) is 0 Å². The van der Waals surface area contributed by atoms with Crippen LogP contribution < -0.4 is 5.23 Å². The van der Waals surface area contributed by atoms with Crippen LogP contribution in [0.2, 0.25) is 6.32 Å². The molecule has 0 aromatic rings. The van der Waals surface area contributed by atoms with Crippen LogP contribution in [0.4, 0.5) is 0 Å². The lowest BCUT2D eigenvalue weighted by Crippen LogP contribution is -2.21. The van der Waals surface area contributed by atoms with Gasteiger partial charge in [-0.05, 0) is 13.0 Å². The van der Waals surface area contributed by atoms with Crippen molar-refractivity contribution in [2.75, 3.05) is 6.54 Å². The standard InChI is InChI=1S/C6H13BN/c1-2-4-6-8-7-5-3-1/h8H,1-6H2. The summed E-state index contributed by atoms with van der Waals surface area (Å²) in [7, 11) is 2.19. The molecule has 1 nitrogen and oxygen atoms in total. The van der Waals surface area contributed by atoms with E-state index in [0.29, 0.717) is 0 Å². The van der Waals surface area contributed by atoms with Crippen LogP contribution in [0.15, 0.2) is 0 Å². The Balaban J connectivity index is 2.00. The SMILES string of the molecule is [B]1CCCCCCN1. The van der Waals surface area contributed by atoms with E-state index in [-0.39, 0.29) is 0 Å². The first kappa shape index (κ1) is 6.15. The van der Waals surface area contributed by atoms with Crippen LogP contribution in [0.5, 0.6) is 0 Å². The molecule has 0 unspecified atom stereocenters. The fourth-order valence-corrected chi connectivity index (χ4v) is 1.03. The summed E-state index contributed by atoms with van der Waals surface area (Å²) in [5.41, 5.74) is 0. The maximum absolute atomic E-state index is 3.26. The van der Waals surface area contributed by atoms with Gasteiger partial charge >= 0.3 is 0 Å². The largest absolute Gasteiger partial charge is 0.360 e. The van der Waals surface area contributed by atoms with E-state index in [0.717, 1.165) is 0 Å². The molecular formula is C6H13BN. The maximum Gasteiger partial charge on any atom is 0.205 e. The zero-order valence-corrected chi connectivity index (χ0v) is 5.32. The van der Waals surface area contributed by atoms with E-state index in [1.807, 2.05) is 0 Å². The molecule has 1 heterocycles. The van der Waals surface area contributed by atoms with Crippen molar-refractivity contribution in [2.24, 2.45) is 0 Å². The van der Waals surface area contributed by atoms with E-state index in [1.54, 1.807) is 0 Å².